The van der Waals surface area contributed by atoms with Crippen LogP contribution in [-0.4, -0.2) is 14.8 Å². The fraction of sp³-hybridized carbons (Fsp3) is 0.176. The van der Waals surface area contributed by atoms with Crippen molar-refractivity contribution in [2.75, 3.05) is 0 Å². The van der Waals surface area contributed by atoms with Crippen molar-refractivity contribution in [3.05, 3.63) is 66.2 Å². The van der Waals surface area contributed by atoms with Gasteiger partial charge in [0.05, 0.1) is 0 Å². The number of rotatable bonds is 4. The van der Waals surface area contributed by atoms with Gasteiger partial charge in [-0.15, -0.1) is 10.2 Å². The van der Waals surface area contributed by atoms with Gasteiger partial charge in [0.1, 0.15) is 0 Å². The highest BCUT2D eigenvalue weighted by Crippen LogP contribution is 2.34. The largest absolute Gasteiger partial charge is 0.305 e. The molecule has 0 spiro atoms. The summed E-state index contributed by atoms with van der Waals surface area (Å²) in [5, 5.41) is 9.94. The topological polar surface area (TPSA) is 30.7 Å². The summed E-state index contributed by atoms with van der Waals surface area (Å²) >= 11 is 1.73. The summed E-state index contributed by atoms with van der Waals surface area (Å²) in [6, 6.07) is 20.6. The van der Waals surface area contributed by atoms with Crippen LogP contribution in [0.15, 0.2) is 65.8 Å². The van der Waals surface area contributed by atoms with Crippen LogP contribution in [0.4, 0.5) is 0 Å². The van der Waals surface area contributed by atoms with E-state index in [1.165, 1.54) is 5.56 Å². The molecule has 0 aliphatic heterocycles. The summed E-state index contributed by atoms with van der Waals surface area (Å²) in [5.41, 5.74) is 2.39. The van der Waals surface area contributed by atoms with Crippen LogP contribution in [0, 0.1) is 0 Å². The Hall–Kier alpha value is -2.07. The summed E-state index contributed by atoms with van der Waals surface area (Å²) in [4.78, 5) is 0. The predicted octanol–water partition coefficient (Wildman–Crippen LogP) is 4.34. The Kier molecular flexibility index (Phi) is 4.06. The average Bonchev–Trinajstić information content (AvgIpc) is 2.90. The minimum Gasteiger partial charge on any atom is -0.305 e. The van der Waals surface area contributed by atoms with Gasteiger partial charge in [-0.05, 0) is 12.5 Å². The number of benzene rings is 2. The van der Waals surface area contributed by atoms with Crippen LogP contribution in [0.2, 0.25) is 0 Å². The third-order valence-electron chi connectivity index (χ3n) is 3.42. The monoisotopic (exact) mass is 295 g/mol. The van der Waals surface area contributed by atoms with E-state index < -0.39 is 0 Å². The first-order valence-corrected chi connectivity index (χ1v) is 7.80. The molecule has 106 valence electrons. The summed E-state index contributed by atoms with van der Waals surface area (Å²) in [6.07, 6.45) is 0. The maximum Gasteiger partial charge on any atom is 0.191 e. The van der Waals surface area contributed by atoms with E-state index >= 15 is 0 Å². The molecule has 21 heavy (non-hydrogen) atoms. The molecule has 3 aromatic rings. The Morgan fingerprint density at radius 2 is 1.52 bits per heavy atom. The zero-order valence-corrected chi connectivity index (χ0v) is 12.9. The summed E-state index contributed by atoms with van der Waals surface area (Å²) in [7, 11) is 2.02. The molecule has 0 radical (unpaired) electrons. The molecule has 3 rings (SSSR count). The van der Waals surface area contributed by atoms with Gasteiger partial charge >= 0.3 is 0 Å². The molecule has 3 nitrogen and oxygen atoms in total. The molecule has 0 unspecified atom stereocenters. The molecule has 0 aliphatic rings. The molecule has 2 aromatic carbocycles. The summed E-state index contributed by atoms with van der Waals surface area (Å²) in [6.45, 7) is 2.19. The van der Waals surface area contributed by atoms with E-state index in [0.717, 1.165) is 16.5 Å². The number of aromatic nitrogens is 3. The van der Waals surface area contributed by atoms with Gasteiger partial charge in [-0.1, -0.05) is 72.4 Å². The van der Waals surface area contributed by atoms with Crippen LogP contribution in [0.25, 0.3) is 11.4 Å². The lowest BCUT2D eigenvalue weighted by Gasteiger charge is -2.11. The molecular formula is C17H17N3S. The molecule has 0 N–H and O–H groups in total. The zero-order chi connectivity index (χ0) is 14.7. The lowest BCUT2D eigenvalue weighted by Crippen LogP contribution is -1.96. The molecule has 4 heteroatoms. The molecule has 0 saturated heterocycles. The third kappa shape index (κ3) is 3.00. The first kappa shape index (κ1) is 13.9. The first-order chi connectivity index (χ1) is 10.3. The molecule has 0 fully saturated rings. The number of nitrogens with zero attached hydrogens (tertiary/aromatic N) is 3. The van der Waals surface area contributed by atoms with Gasteiger partial charge in [-0.25, -0.2) is 0 Å². The van der Waals surface area contributed by atoms with Gasteiger partial charge < -0.3 is 4.57 Å². The van der Waals surface area contributed by atoms with Crippen LogP contribution in [0.1, 0.15) is 17.7 Å². The van der Waals surface area contributed by atoms with Gasteiger partial charge in [0.15, 0.2) is 11.0 Å². The van der Waals surface area contributed by atoms with Crippen LogP contribution in [0.3, 0.4) is 0 Å². The van der Waals surface area contributed by atoms with Gasteiger partial charge in [0.2, 0.25) is 0 Å². The Morgan fingerprint density at radius 3 is 2.19 bits per heavy atom. The predicted molar refractivity (Wildman–Crippen MR) is 87.2 cm³/mol. The van der Waals surface area contributed by atoms with E-state index in [4.69, 9.17) is 0 Å². The van der Waals surface area contributed by atoms with E-state index in [0.29, 0.717) is 5.25 Å². The van der Waals surface area contributed by atoms with Gasteiger partial charge in [0.25, 0.3) is 0 Å². The minimum atomic E-state index is 0.345. The molecule has 1 atom stereocenters. The van der Waals surface area contributed by atoms with Crippen LogP contribution >= 0.6 is 11.8 Å². The molecular weight excluding hydrogens is 278 g/mol. The van der Waals surface area contributed by atoms with Crippen molar-refractivity contribution < 1.29 is 0 Å². The second-order valence-corrected chi connectivity index (χ2v) is 6.21. The molecule has 1 heterocycles. The molecule has 0 saturated carbocycles. The van der Waals surface area contributed by atoms with Crippen molar-refractivity contribution in [2.45, 2.75) is 17.3 Å². The third-order valence-corrected chi connectivity index (χ3v) is 4.61. The second-order valence-electron chi connectivity index (χ2n) is 4.90. The van der Waals surface area contributed by atoms with Crippen LogP contribution in [-0.2, 0) is 7.05 Å². The van der Waals surface area contributed by atoms with Crippen molar-refractivity contribution in [1.82, 2.24) is 14.8 Å². The van der Waals surface area contributed by atoms with Crippen molar-refractivity contribution >= 4 is 11.8 Å². The van der Waals surface area contributed by atoms with Gasteiger partial charge in [-0.3, -0.25) is 0 Å². The Bertz CT molecular complexity index is 707. The minimum absolute atomic E-state index is 0.345. The summed E-state index contributed by atoms with van der Waals surface area (Å²) < 4.78 is 2.06. The van der Waals surface area contributed by atoms with E-state index in [9.17, 15) is 0 Å². The van der Waals surface area contributed by atoms with Crippen molar-refractivity contribution in [1.29, 1.82) is 0 Å². The van der Waals surface area contributed by atoms with Crippen molar-refractivity contribution in [3.63, 3.8) is 0 Å². The highest BCUT2D eigenvalue weighted by atomic mass is 32.2. The second kappa shape index (κ2) is 6.14. The SMILES string of the molecule is C[C@@H](Sc1nnc(-c2ccccc2)n1C)c1ccccc1. The normalized spacial score (nSPS) is 12.3. The number of hydrogen-bond acceptors (Lipinski definition) is 3. The van der Waals surface area contributed by atoms with E-state index in [-0.39, 0.29) is 0 Å². The zero-order valence-electron chi connectivity index (χ0n) is 12.1. The fourth-order valence-corrected chi connectivity index (χ4v) is 3.15. The average molecular weight is 295 g/mol. The van der Waals surface area contributed by atoms with E-state index in [2.05, 4.69) is 58.1 Å². The lowest BCUT2D eigenvalue weighted by atomic mass is 10.2. The summed E-state index contributed by atoms with van der Waals surface area (Å²) in [5.74, 6) is 0.901. The van der Waals surface area contributed by atoms with Crippen LogP contribution < -0.4 is 0 Å². The van der Waals surface area contributed by atoms with Gasteiger partial charge in [0, 0.05) is 17.9 Å². The Balaban J connectivity index is 1.83. The number of thioether (sulfide) groups is 1. The maximum absolute atomic E-state index is 4.33. The lowest BCUT2D eigenvalue weighted by molar-refractivity contribution is 0.790. The molecule has 0 amide bonds. The van der Waals surface area contributed by atoms with E-state index in [1.54, 1.807) is 11.8 Å². The molecule has 0 bridgehead atoms. The number of hydrogen-bond donors (Lipinski definition) is 0. The highest BCUT2D eigenvalue weighted by Gasteiger charge is 2.14. The molecule has 1 aromatic heterocycles. The van der Waals surface area contributed by atoms with Crippen molar-refractivity contribution in [2.24, 2.45) is 7.05 Å². The molecule has 0 aliphatic carbocycles. The quantitative estimate of drug-likeness (QED) is 0.671. The van der Waals surface area contributed by atoms with Gasteiger partial charge in [-0.2, -0.15) is 0 Å². The highest BCUT2D eigenvalue weighted by molar-refractivity contribution is 7.99. The smallest absolute Gasteiger partial charge is 0.191 e. The van der Waals surface area contributed by atoms with Crippen LogP contribution in [0.5, 0.6) is 0 Å². The Labute approximate surface area is 129 Å². The first-order valence-electron chi connectivity index (χ1n) is 6.92. The maximum atomic E-state index is 4.33. The standard InChI is InChI=1S/C17H17N3S/c1-13(14-9-5-3-6-10-14)21-17-19-18-16(20(17)2)15-11-7-4-8-12-15/h3-13H,1-2H3/t13-/m1/s1. The van der Waals surface area contributed by atoms with E-state index in [1.807, 2.05) is 31.3 Å². The van der Waals surface area contributed by atoms with Crippen molar-refractivity contribution in [3.8, 4) is 11.4 Å². The fourth-order valence-electron chi connectivity index (χ4n) is 2.21. The Morgan fingerprint density at radius 1 is 0.905 bits per heavy atom.